The van der Waals surface area contributed by atoms with Crippen molar-refractivity contribution < 1.29 is 14.3 Å². The second kappa shape index (κ2) is 10.1. The Balaban J connectivity index is 0.00000225. The monoisotopic (exact) mass is 368 g/mol. The Hall–Kier alpha value is -1.14. The van der Waals surface area contributed by atoms with Crippen LogP contribution in [-0.4, -0.2) is 56.4 Å². The lowest BCUT2D eigenvalue weighted by molar-refractivity contribution is -0.132. The minimum Gasteiger partial charge on any atom is -0.381 e. The van der Waals surface area contributed by atoms with E-state index in [2.05, 4.69) is 24.3 Å². The van der Waals surface area contributed by atoms with Gasteiger partial charge in [0, 0.05) is 32.2 Å². The van der Waals surface area contributed by atoms with E-state index in [0.717, 1.165) is 39.1 Å². The van der Waals surface area contributed by atoms with Crippen LogP contribution in [0.1, 0.15) is 30.7 Å². The highest BCUT2D eigenvalue weighted by Crippen LogP contribution is 2.32. The zero-order valence-electron chi connectivity index (χ0n) is 14.6. The van der Waals surface area contributed by atoms with Crippen molar-refractivity contribution in [1.82, 2.24) is 4.90 Å². The van der Waals surface area contributed by atoms with Gasteiger partial charge >= 0.3 is 0 Å². The smallest absolute Gasteiger partial charge is 0.224 e. The van der Waals surface area contributed by atoms with Gasteiger partial charge in [-0.25, -0.2) is 0 Å². The first-order chi connectivity index (χ1) is 11.8. The summed E-state index contributed by atoms with van der Waals surface area (Å²) in [7, 11) is 0. The molecule has 0 unspecified atom stereocenters. The third kappa shape index (κ3) is 5.42. The molecule has 2 atom stereocenters. The molecule has 0 radical (unpaired) electrons. The Bertz CT molecular complexity index is 523. The lowest BCUT2D eigenvalue weighted by Crippen LogP contribution is -2.31. The average molecular weight is 369 g/mol. The molecule has 1 amide bonds. The van der Waals surface area contributed by atoms with Crippen LogP contribution in [-0.2, 0) is 14.3 Å². The molecule has 0 spiro atoms. The number of carbonyl (C=O) groups excluding carboxylic acids is 1. The zero-order chi connectivity index (χ0) is 16.8. The van der Waals surface area contributed by atoms with Gasteiger partial charge in [-0.05, 0) is 30.9 Å². The largest absolute Gasteiger partial charge is 0.381 e. The summed E-state index contributed by atoms with van der Waals surface area (Å²) < 4.78 is 11.1. The molecular weight excluding hydrogens is 340 g/mol. The highest BCUT2D eigenvalue weighted by atomic mass is 35.5. The second-order valence-electron chi connectivity index (χ2n) is 6.74. The molecular formula is C19H29ClN2O3. The summed E-state index contributed by atoms with van der Waals surface area (Å²) >= 11 is 0. The Morgan fingerprint density at radius 3 is 2.60 bits per heavy atom. The third-order valence-corrected chi connectivity index (χ3v) is 5.16. The predicted octanol–water partition coefficient (Wildman–Crippen LogP) is 2.19. The van der Waals surface area contributed by atoms with Crippen LogP contribution in [0.5, 0.6) is 0 Å². The summed E-state index contributed by atoms with van der Waals surface area (Å²) in [4.78, 5) is 14.5. The minimum absolute atomic E-state index is 0. The van der Waals surface area contributed by atoms with Crippen molar-refractivity contribution in [2.24, 2.45) is 11.7 Å². The van der Waals surface area contributed by atoms with Crippen LogP contribution in [0.3, 0.4) is 0 Å². The molecule has 1 aromatic rings. The van der Waals surface area contributed by atoms with E-state index in [9.17, 15) is 4.79 Å². The van der Waals surface area contributed by atoms with Gasteiger partial charge in [-0.1, -0.05) is 30.3 Å². The molecule has 0 bridgehead atoms. The lowest BCUT2D eigenvalue weighted by Gasteiger charge is -2.23. The molecule has 2 saturated heterocycles. The molecule has 1 aromatic carbocycles. The van der Waals surface area contributed by atoms with E-state index in [-0.39, 0.29) is 24.4 Å². The number of nitrogens with zero attached hydrogens (tertiary/aromatic N) is 1. The predicted molar refractivity (Wildman–Crippen MR) is 100.0 cm³/mol. The van der Waals surface area contributed by atoms with E-state index in [1.54, 1.807) is 0 Å². The quantitative estimate of drug-likeness (QED) is 0.836. The van der Waals surface area contributed by atoms with Gasteiger partial charge in [0.15, 0.2) is 0 Å². The van der Waals surface area contributed by atoms with E-state index >= 15 is 0 Å². The Morgan fingerprint density at radius 2 is 1.92 bits per heavy atom. The maximum Gasteiger partial charge on any atom is 0.224 e. The number of nitrogens with two attached hydrogens (primary N) is 1. The van der Waals surface area contributed by atoms with Crippen molar-refractivity contribution >= 4 is 18.3 Å². The number of amides is 1. The van der Waals surface area contributed by atoms with Gasteiger partial charge < -0.3 is 20.1 Å². The molecule has 0 saturated carbocycles. The molecule has 2 aliphatic rings. The van der Waals surface area contributed by atoms with Crippen LogP contribution in [0, 0.1) is 5.92 Å². The van der Waals surface area contributed by atoms with Gasteiger partial charge in [-0.3, -0.25) is 4.79 Å². The van der Waals surface area contributed by atoms with Gasteiger partial charge in [-0.15, -0.1) is 12.4 Å². The zero-order valence-corrected chi connectivity index (χ0v) is 15.5. The van der Waals surface area contributed by atoms with Crippen molar-refractivity contribution in [2.45, 2.75) is 31.3 Å². The summed E-state index contributed by atoms with van der Waals surface area (Å²) in [6.07, 6.45) is 2.57. The second-order valence-corrected chi connectivity index (χ2v) is 6.74. The first-order valence-corrected chi connectivity index (χ1v) is 9.00. The Morgan fingerprint density at radius 1 is 1.20 bits per heavy atom. The summed E-state index contributed by atoms with van der Waals surface area (Å²) in [5, 5.41) is 0. The van der Waals surface area contributed by atoms with E-state index < -0.39 is 0 Å². The van der Waals surface area contributed by atoms with E-state index in [0.29, 0.717) is 31.4 Å². The standard InChI is InChI=1S/C19H28N2O3.ClH/c20-12-16-13-21(14-18(16)15-4-2-1-3-5-15)19(22)8-11-24-17-6-9-23-10-7-17;/h1-5,16-18H,6-14,20H2;1H/t16-,18+;/m1./s1. The van der Waals surface area contributed by atoms with Gasteiger partial charge in [0.1, 0.15) is 0 Å². The van der Waals surface area contributed by atoms with Crippen molar-refractivity contribution in [3.8, 4) is 0 Å². The molecule has 25 heavy (non-hydrogen) atoms. The number of rotatable bonds is 6. The minimum atomic E-state index is 0. The summed E-state index contributed by atoms with van der Waals surface area (Å²) in [6.45, 7) is 4.17. The number of benzene rings is 1. The summed E-state index contributed by atoms with van der Waals surface area (Å²) in [5.41, 5.74) is 7.23. The van der Waals surface area contributed by atoms with Crippen LogP contribution in [0.4, 0.5) is 0 Å². The van der Waals surface area contributed by atoms with E-state index in [1.807, 2.05) is 11.0 Å². The molecule has 2 N–H and O–H groups in total. The fourth-order valence-electron chi connectivity index (χ4n) is 3.71. The van der Waals surface area contributed by atoms with E-state index in [1.165, 1.54) is 5.56 Å². The van der Waals surface area contributed by atoms with Crippen molar-refractivity contribution in [3.63, 3.8) is 0 Å². The van der Waals surface area contributed by atoms with Crippen molar-refractivity contribution in [2.75, 3.05) is 39.5 Å². The fourth-order valence-corrected chi connectivity index (χ4v) is 3.71. The van der Waals surface area contributed by atoms with Crippen LogP contribution in [0.25, 0.3) is 0 Å². The summed E-state index contributed by atoms with van der Waals surface area (Å²) in [6, 6.07) is 10.4. The number of hydrogen-bond acceptors (Lipinski definition) is 4. The highest BCUT2D eigenvalue weighted by Gasteiger charge is 2.35. The third-order valence-electron chi connectivity index (χ3n) is 5.16. The average Bonchev–Trinajstić information content (AvgIpc) is 3.08. The van der Waals surface area contributed by atoms with Gasteiger partial charge in [0.25, 0.3) is 0 Å². The number of carbonyl (C=O) groups is 1. The normalized spacial score (nSPS) is 24.1. The van der Waals surface area contributed by atoms with E-state index in [4.69, 9.17) is 15.2 Å². The lowest BCUT2D eigenvalue weighted by atomic mass is 9.89. The summed E-state index contributed by atoms with van der Waals surface area (Å²) in [5.74, 6) is 0.864. The number of ether oxygens (including phenoxy) is 2. The Kier molecular flexibility index (Phi) is 8.16. The van der Waals surface area contributed by atoms with Crippen LogP contribution in [0.15, 0.2) is 30.3 Å². The van der Waals surface area contributed by atoms with Crippen LogP contribution >= 0.6 is 12.4 Å². The number of halogens is 1. The number of hydrogen-bond donors (Lipinski definition) is 1. The molecule has 0 aliphatic carbocycles. The highest BCUT2D eigenvalue weighted by molar-refractivity contribution is 5.85. The SMILES string of the molecule is Cl.NC[C@@H]1CN(C(=O)CCOC2CCOCC2)C[C@H]1c1ccccc1. The fraction of sp³-hybridized carbons (Fsp3) is 0.632. The van der Waals surface area contributed by atoms with Gasteiger partial charge in [0.2, 0.25) is 5.91 Å². The topological polar surface area (TPSA) is 64.8 Å². The van der Waals surface area contributed by atoms with Crippen LogP contribution < -0.4 is 5.73 Å². The molecule has 2 aliphatic heterocycles. The molecule has 140 valence electrons. The maximum atomic E-state index is 12.5. The van der Waals surface area contributed by atoms with Crippen LogP contribution in [0.2, 0.25) is 0 Å². The number of likely N-dealkylation sites (tertiary alicyclic amines) is 1. The first kappa shape index (κ1) is 20.2. The van der Waals surface area contributed by atoms with Crippen molar-refractivity contribution in [1.29, 1.82) is 0 Å². The molecule has 5 nitrogen and oxygen atoms in total. The van der Waals surface area contributed by atoms with Gasteiger partial charge in [-0.2, -0.15) is 0 Å². The molecule has 2 fully saturated rings. The molecule has 6 heteroatoms. The Labute approximate surface area is 156 Å². The van der Waals surface area contributed by atoms with Gasteiger partial charge in [0.05, 0.1) is 19.1 Å². The van der Waals surface area contributed by atoms with Crippen molar-refractivity contribution in [3.05, 3.63) is 35.9 Å². The molecule has 3 rings (SSSR count). The maximum absolute atomic E-state index is 12.5. The molecule has 0 aromatic heterocycles. The first-order valence-electron chi connectivity index (χ1n) is 9.00. The molecule has 2 heterocycles.